The second-order valence-electron chi connectivity index (χ2n) is 15.7. The fourth-order valence-electron chi connectivity index (χ4n) is 8.34. The highest BCUT2D eigenvalue weighted by molar-refractivity contribution is 7.17. The van der Waals surface area contributed by atoms with E-state index in [4.69, 9.17) is 9.84 Å². The summed E-state index contributed by atoms with van der Waals surface area (Å²) in [6.45, 7) is 3.13. The first kappa shape index (κ1) is 39.4. The summed E-state index contributed by atoms with van der Waals surface area (Å²) in [5.74, 6) is -1.84. The molecule has 4 aliphatic carbocycles. The van der Waals surface area contributed by atoms with Crippen molar-refractivity contribution in [3.05, 3.63) is 99.1 Å². The van der Waals surface area contributed by atoms with E-state index in [0.29, 0.717) is 48.1 Å². The molecule has 2 heterocycles. The summed E-state index contributed by atoms with van der Waals surface area (Å²) < 4.78 is 4.92. The zero-order chi connectivity index (χ0) is 39.2. The number of likely N-dealkylation sites (tertiary alicyclic amines) is 1. The quantitative estimate of drug-likeness (QED) is 0.182. The van der Waals surface area contributed by atoms with Crippen molar-refractivity contribution in [2.24, 2.45) is 11.8 Å². The molecule has 2 atom stereocenters. The topological polar surface area (TPSA) is 145 Å². The zero-order valence-electron chi connectivity index (χ0n) is 32.1. The Morgan fingerprint density at radius 1 is 0.946 bits per heavy atom. The number of carboxylic acid groups (broad SMARTS) is 1. The van der Waals surface area contributed by atoms with Crippen LogP contribution in [0.1, 0.15) is 101 Å². The lowest BCUT2D eigenvalue weighted by molar-refractivity contribution is -0.151. The maximum atomic E-state index is 14.0. The van der Waals surface area contributed by atoms with Crippen LogP contribution in [0, 0.1) is 11.8 Å². The van der Waals surface area contributed by atoms with Crippen LogP contribution in [0.25, 0.3) is 0 Å². The molecule has 12 heteroatoms. The van der Waals surface area contributed by atoms with E-state index in [2.05, 4.69) is 45.9 Å². The smallest absolute Gasteiger partial charge is 0.335 e. The lowest BCUT2D eigenvalue weighted by Gasteiger charge is -2.39. The molecule has 56 heavy (non-hydrogen) atoms. The number of allylic oxidation sites excluding steroid dienone is 4. The first-order valence-corrected chi connectivity index (χ1v) is 20.9. The molecular formula is C44H52N4O7S. The predicted molar refractivity (Wildman–Crippen MR) is 215 cm³/mol. The van der Waals surface area contributed by atoms with Gasteiger partial charge in [-0.3, -0.25) is 24.1 Å². The van der Waals surface area contributed by atoms with Crippen molar-refractivity contribution in [3.63, 3.8) is 0 Å². The summed E-state index contributed by atoms with van der Waals surface area (Å²) in [6.07, 6.45) is 23.5. The second kappa shape index (κ2) is 18.0. The van der Waals surface area contributed by atoms with Gasteiger partial charge in [-0.05, 0) is 118 Å². The van der Waals surface area contributed by atoms with Crippen LogP contribution in [-0.2, 0) is 38.4 Å². The van der Waals surface area contributed by atoms with Crippen molar-refractivity contribution in [3.8, 4) is 0 Å². The van der Waals surface area contributed by atoms with Crippen LogP contribution in [0.15, 0.2) is 72.0 Å². The van der Waals surface area contributed by atoms with Crippen LogP contribution < -0.4 is 10.6 Å². The normalized spacial score (nSPS) is 20.9. The molecule has 1 saturated carbocycles. The van der Waals surface area contributed by atoms with E-state index >= 15 is 0 Å². The van der Waals surface area contributed by atoms with Crippen LogP contribution in [0.2, 0.25) is 0 Å². The molecule has 1 saturated heterocycles. The third kappa shape index (κ3) is 9.94. The fraction of sp³-hybridized carbons (Fsp3) is 0.477. The number of nitrogens with zero attached hydrogens (tertiary/aromatic N) is 2. The number of hydrogen-bond donors (Lipinski definition) is 3. The number of nitrogens with one attached hydrogen (secondary N) is 2. The molecule has 1 aliphatic heterocycles. The zero-order valence-corrected chi connectivity index (χ0v) is 32.9. The van der Waals surface area contributed by atoms with E-state index in [1.165, 1.54) is 23.1 Å². The second-order valence-corrected chi connectivity index (χ2v) is 16.8. The molecule has 3 N–H and O–H groups in total. The van der Waals surface area contributed by atoms with Gasteiger partial charge in [-0.25, -0.2) is 4.79 Å². The Morgan fingerprint density at radius 2 is 1.70 bits per heavy atom. The number of rotatable bonds is 14. The van der Waals surface area contributed by atoms with Crippen molar-refractivity contribution < 1.29 is 33.8 Å². The fourth-order valence-corrected chi connectivity index (χ4v) is 9.63. The van der Waals surface area contributed by atoms with Gasteiger partial charge < -0.3 is 25.4 Å². The number of hydrogen-bond acceptors (Lipinski definition) is 8. The minimum absolute atomic E-state index is 0.103. The number of carboxylic acids is 1. The summed E-state index contributed by atoms with van der Waals surface area (Å²) in [5.41, 5.74) is 4.91. The van der Waals surface area contributed by atoms with Gasteiger partial charge in [0.05, 0.1) is 17.0 Å². The molecule has 2 fully saturated rings. The van der Waals surface area contributed by atoms with E-state index in [9.17, 15) is 24.0 Å². The molecule has 1 aromatic heterocycles. The molecule has 0 spiro atoms. The number of anilines is 1. The molecule has 5 aliphatic rings. The highest BCUT2D eigenvalue weighted by Gasteiger charge is 2.37. The molecule has 1 aromatic carbocycles. The van der Waals surface area contributed by atoms with Crippen molar-refractivity contribution in [2.75, 3.05) is 31.6 Å². The van der Waals surface area contributed by atoms with Gasteiger partial charge in [0.15, 0.2) is 6.61 Å². The highest BCUT2D eigenvalue weighted by atomic mass is 32.1. The lowest BCUT2D eigenvalue weighted by atomic mass is 9.92. The average Bonchev–Trinajstić information content (AvgIpc) is 3.99. The summed E-state index contributed by atoms with van der Waals surface area (Å²) >= 11 is 1.54. The van der Waals surface area contributed by atoms with Crippen molar-refractivity contribution in [1.82, 2.24) is 15.1 Å². The van der Waals surface area contributed by atoms with Crippen molar-refractivity contribution in [2.45, 2.75) is 96.1 Å². The standard InChI is InChI=1S/C44H52N4O7S/c1-28(49)55-27-39(50)47-23-21-36(22-24-47)48(35-19-20-35)26-31-5-4-6-33(25-31)41(51)46-43-40(37-7-2-3-8-38(37)56-43)42(52)45-34-17-13-30(14-18-34)10-9-29-11-15-32(16-12-29)44(53)54/h4-5,11-13,15-18,25,30,33,35-36H,2-3,6-10,14,19-24,26-27H2,1H3,(H,45,52)(H,46,51)(H,53,54). The monoisotopic (exact) mass is 780 g/mol. The number of fused-ring (bicyclic) bond motifs is 1. The number of aryl methyl sites for hydroxylation is 2. The number of piperidine rings is 1. The largest absolute Gasteiger partial charge is 0.478 e. The van der Waals surface area contributed by atoms with Crippen LogP contribution in [-0.4, -0.2) is 82.9 Å². The van der Waals surface area contributed by atoms with Crippen molar-refractivity contribution >= 4 is 46.0 Å². The summed E-state index contributed by atoms with van der Waals surface area (Å²) in [6, 6.07) is 7.87. The van der Waals surface area contributed by atoms with Gasteiger partial charge in [0.2, 0.25) is 5.91 Å². The van der Waals surface area contributed by atoms with Crippen LogP contribution >= 0.6 is 11.3 Å². The minimum atomic E-state index is -0.926. The van der Waals surface area contributed by atoms with E-state index < -0.39 is 11.9 Å². The Bertz CT molecular complexity index is 1950. The summed E-state index contributed by atoms with van der Waals surface area (Å²) in [4.78, 5) is 68.2. The number of esters is 1. The number of thiophene rings is 1. The van der Waals surface area contributed by atoms with Crippen LogP contribution in [0.5, 0.6) is 0 Å². The molecule has 0 bridgehead atoms. The Labute approximate surface area is 332 Å². The van der Waals surface area contributed by atoms with Gasteiger partial charge in [-0.1, -0.05) is 42.5 Å². The number of ether oxygens (including phenoxy) is 1. The third-order valence-corrected chi connectivity index (χ3v) is 12.8. The number of carbonyl (C=O) groups excluding carboxylic acids is 4. The molecule has 2 unspecified atom stereocenters. The number of benzene rings is 1. The lowest BCUT2D eigenvalue weighted by Crippen LogP contribution is -2.48. The van der Waals surface area contributed by atoms with Gasteiger partial charge in [0.1, 0.15) is 5.00 Å². The maximum Gasteiger partial charge on any atom is 0.335 e. The Balaban J connectivity index is 0.953. The van der Waals surface area contributed by atoms with E-state index in [-0.39, 0.29) is 35.8 Å². The molecule has 296 valence electrons. The number of carbonyl (C=O) groups is 5. The van der Waals surface area contributed by atoms with E-state index in [0.717, 1.165) is 99.6 Å². The van der Waals surface area contributed by atoms with E-state index in [1.807, 2.05) is 18.2 Å². The predicted octanol–water partition coefficient (Wildman–Crippen LogP) is 6.61. The first-order valence-electron chi connectivity index (χ1n) is 20.1. The van der Waals surface area contributed by atoms with Gasteiger partial charge >= 0.3 is 11.9 Å². The molecule has 2 aromatic rings. The minimum Gasteiger partial charge on any atom is -0.478 e. The summed E-state index contributed by atoms with van der Waals surface area (Å²) in [5, 5.41) is 16.1. The Kier molecular flexibility index (Phi) is 12.7. The van der Waals surface area contributed by atoms with Crippen molar-refractivity contribution in [1.29, 1.82) is 0 Å². The highest BCUT2D eigenvalue weighted by Crippen LogP contribution is 2.39. The SMILES string of the molecule is CC(=O)OCC(=O)N1CCC(N(CC2=CC(C(=O)Nc3sc4c(c3C(=O)NC3=CCC(CCc5ccc(C(=O)O)cc5)C=C3)CCCC4)CC=C2)C2CC2)CC1. The van der Waals surface area contributed by atoms with Crippen LogP contribution in [0.3, 0.4) is 0 Å². The van der Waals surface area contributed by atoms with Gasteiger partial charge in [0, 0.05) is 49.2 Å². The third-order valence-electron chi connectivity index (χ3n) is 11.6. The van der Waals surface area contributed by atoms with Crippen LogP contribution in [0.4, 0.5) is 5.00 Å². The molecule has 0 radical (unpaired) electrons. The summed E-state index contributed by atoms with van der Waals surface area (Å²) in [7, 11) is 0. The van der Waals surface area contributed by atoms with Gasteiger partial charge in [-0.15, -0.1) is 11.3 Å². The molecule has 7 rings (SSSR count). The Hall–Kier alpha value is -4.81. The van der Waals surface area contributed by atoms with Gasteiger partial charge in [-0.2, -0.15) is 0 Å². The number of amides is 3. The molecule has 3 amide bonds. The molecule has 11 nitrogen and oxygen atoms in total. The first-order chi connectivity index (χ1) is 27.1. The Morgan fingerprint density at radius 3 is 2.39 bits per heavy atom. The average molecular weight is 781 g/mol. The molecular weight excluding hydrogens is 729 g/mol. The van der Waals surface area contributed by atoms with E-state index in [1.54, 1.807) is 17.0 Å². The van der Waals surface area contributed by atoms with Gasteiger partial charge in [0.25, 0.3) is 11.8 Å². The maximum absolute atomic E-state index is 14.0. The number of aromatic carboxylic acids is 1.